The van der Waals surface area contributed by atoms with Crippen molar-refractivity contribution in [3.8, 4) is 0 Å². The van der Waals surface area contributed by atoms with E-state index in [1.165, 1.54) is 10.4 Å². The van der Waals surface area contributed by atoms with E-state index >= 15 is 0 Å². The fourth-order valence-electron chi connectivity index (χ4n) is 3.35. The lowest BCUT2D eigenvalue weighted by Gasteiger charge is -2.27. The molecule has 4 rings (SSSR count). The van der Waals surface area contributed by atoms with E-state index in [0.29, 0.717) is 30.7 Å². The van der Waals surface area contributed by atoms with E-state index in [9.17, 15) is 9.59 Å². The van der Waals surface area contributed by atoms with Crippen LogP contribution < -0.4 is 5.43 Å². The van der Waals surface area contributed by atoms with Gasteiger partial charge < -0.3 is 9.47 Å². The number of pyridine rings is 2. The van der Waals surface area contributed by atoms with Crippen LogP contribution in [0.5, 0.6) is 0 Å². The first kappa shape index (κ1) is 16.0. The maximum atomic E-state index is 13.0. The Hall–Kier alpha value is -2.47. The van der Waals surface area contributed by atoms with Crippen molar-refractivity contribution in [1.29, 1.82) is 0 Å². The molecular formula is C19H19N3O2S. The summed E-state index contributed by atoms with van der Waals surface area (Å²) in [5, 5.41) is 2.57. The van der Waals surface area contributed by atoms with Crippen molar-refractivity contribution >= 4 is 28.3 Å². The molecule has 0 saturated carbocycles. The predicted octanol–water partition coefficient (Wildman–Crippen LogP) is 2.98. The highest BCUT2D eigenvalue weighted by atomic mass is 32.1. The topological polar surface area (TPSA) is 55.2 Å². The average molecular weight is 353 g/mol. The molecule has 0 fully saturated rings. The zero-order valence-electron chi connectivity index (χ0n) is 14.3. The molecule has 4 heterocycles. The molecule has 3 aromatic rings. The summed E-state index contributed by atoms with van der Waals surface area (Å²) in [6, 6.07) is 5.66. The second kappa shape index (κ2) is 6.11. The third kappa shape index (κ3) is 2.66. The van der Waals surface area contributed by atoms with E-state index in [2.05, 4.69) is 16.4 Å². The van der Waals surface area contributed by atoms with Gasteiger partial charge in [0.25, 0.3) is 5.91 Å². The van der Waals surface area contributed by atoms with Crippen LogP contribution in [0.25, 0.3) is 11.0 Å². The second-order valence-corrected chi connectivity index (χ2v) is 7.33. The molecule has 5 nitrogen and oxygen atoms in total. The van der Waals surface area contributed by atoms with Gasteiger partial charge in [-0.1, -0.05) is 0 Å². The zero-order chi connectivity index (χ0) is 17.6. The molecule has 0 radical (unpaired) electrons. The number of amides is 1. The maximum absolute atomic E-state index is 13.0. The summed E-state index contributed by atoms with van der Waals surface area (Å²) in [6.07, 6.45) is 2.53. The summed E-state index contributed by atoms with van der Waals surface area (Å²) in [7, 11) is 0. The van der Waals surface area contributed by atoms with Crippen LogP contribution in [-0.4, -0.2) is 26.9 Å². The molecule has 3 aromatic heterocycles. The number of aromatic nitrogens is 2. The SMILES string of the molecule is CCn1cc(C(=O)N2CCc3sccc3C2)c(=O)c2ccc(C)nc21. The smallest absolute Gasteiger partial charge is 0.259 e. The minimum Gasteiger partial charge on any atom is -0.334 e. The van der Waals surface area contributed by atoms with Gasteiger partial charge in [0, 0.05) is 36.4 Å². The molecule has 0 unspecified atom stereocenters. The average Bonchev–Trinajstić information content (AvgIpc) is 3.09. The summed E-state index contributed by atoms with van der Waals surface area (Å²) in [5.41, 5.74) is 2.70. The van der Waals surface area contributed by atoms with Gasteiger partial charge in [-0.25, -0.2) is 4.98 Å². The van der Waals surface area contributed by atoms with Crippen LogP contribution in [0.2, 0.25) is 0 Å². The molecule has 0 aromatic carbocycles. The molecule has 1 amide bonds. The van der Waals surface area contributed by atoms with Crippen molar-refractivity contribution < 1.29 is 4.79 Å². The zero-order valence-corrected chi connectivity index (χ0v) is 15.1. The van der Waals surface area contributed by atoms with E-state index in [1.807, 2.05) is 24.5 Å². The van der Waals surface area contributed by atoms with Gasteiger partial charge in [-0.15, -0.1) is 11.3 Å². The van der Waals surface area contributed by atoms with Gasteiger partial charge in [0.05, 0.1) is 5.39 Å². The van der Waals surface area contributed by atoms with Crippen molar-refractivity contribution in [1.82, 2.24) is 14.5 Å². The van der Waals surface area contributed by atoms with Crippen molar-refractivity contribution in [2.75, 3.05) is 6.54 Å². The molecule has 1 aliphatic heterocycles. The minimum atomic E-state index is -0.228. The summed E-state index contributed by atoms with van der Waals surface area (Å²) >= 11 is 1.74. The van der Waals surface area contributed by atoms with E-state index in [0.717, 1.165) is 12.1 Å². The van der Waals surface area contributed by atoms with Gasteiger partial charge in [-0.2, -0.15) is 0 Å². The number of carbonyl (C=O) groups excluding carboxylic acids is 1. The molecule has 0 atom stereocenters. The standard InChI is InChI=1S/C19H19N3O2S/c1-3-21-11-15(17(23)14-5-4-12(2)20-18(14)21)19(24)22-8-6-16-13(10-22)7-9-25-16/h4-5,7,9,11H,3,6,8,10H2,1-2H3. The minimum absolute atomic E-state index is 0.188. The number of rotatable bonds is 2. The maximum Gasteiger partial charge on any atom is 0.259 e. The molecular weight excluding hydrogens is 334 g/mol. The van der Waals surface area contributed by atoms with Gasteiger partial charge in [0.15, 0.2) is 0 Å². The Balaban J connectivity index is 1.79. The Bertz CT molecular complexity index is 1030. The highest BCUT2D eigenvalue weighted by Crippen LogP contribution is 2.25. The van der Waals surface area contributed by atoms with Gasteiger partial charge in [-0.3, -0.25) is 9.59 Å². The summed E-state index contributed by atoms with van der Waals surface area (Å²) < 4.78 is 1.89. The lowest BCUT2D eigenvalue weighted by atomic mass is 10.1. The van der Waals surface area contributed by atoms with Gasteiger partial charge >= 0.3 is 0 Å². The summed E-state index contributed by atoms with van der Waals surface area (Å²) in [4.78, 5) is 33.5. The number of aryl methyl sites for hydroxylation is 2. The predicted molar refractivity (Wildman–Crippen MR) is 99.2 cm³/mol. The molecule has 0 spiro atoms. The Morgan fingerprint density at radius 3 is 2.96 bits per heavy atom. The third-order valence-corrected chi connectivity index (χ3v) is 5.75. The summed E-state index contributed by atoms with van der Waals surface area (Å²) in [5.74, 6) is -0.188. The van der Waals surface area contributed by atoms with Crippen molar-refractivity contribution in [2.24, 2.45) is 0 Å². The number of hydrogen-bond donors (Lipinski definition) is 0. The van der Waals surface area contributed by atoms with Crippen LogP contribution in [0.3, 0.4) is 0 Å². The highest BCUT2D eigenvalue weighted by Gasteiger charge is 2.25. The van der Waals surface area contributed by atoms with Crippen molar-refractivity contribution in [3.05, 3.63) is 61.7 Å². The van der Waals surface area contributed by atoms with Crippen LogP contribution in [0.1, 0.15) is 33.4 Å². The van der Waals surface area contributed by atoms with Crippen LogP contribution in [0, 0.1) is 6.92 Å². The van der Waals surface area contributed by atoms with E-state index in [4.69, 9.17) is 0 Å². The van der Waals surface area contributed by atoms with Crippen LogP contribution in [-0.2, 0) is 19.5 Å². The Labute approximate surface area is 149 Å². The lowest BCUT2D eigenvalue weighted by Crippen LogP contribution is -2.38. The fourth-order valence-corrected chi connectivity index (χ4v) is 4.24. The first-order valence-electron chi connectivity index (χ1n) is 8.43. The summed E-state index contributed by atoms with van der Waals surface area (Å²) in [6.45, 7) is 5.77. The Morgan fingerprint density at radius 2 is 2.16 bits per heavy atom. The van der Waals surface area contributed by atoms with Crippen molar-refractivity contribution in [3.63, 3.8) is 0 Å². The second-order valence-electron chi connectivity index (χ2n) is 6.33. The third-order valence-electron chi connectivity index (χ3n) is 4.73. The molecule has 25 heavy (non-hydrogen) atoms. The molecule has 0 saturated heterocycles. The monoisotopic (exact) mass is 353 g/mol. The fraction of sp³-hybridized carbons (Fsp3) is 0.316. The number of hydrogen-bond acceptors (Lipinski definition) is 4. The van der Waals surface area contributed by atoms with E-state index in [1.54, 1.807) is 28.5 Å². The van der Waals surface area contributed by atoms with Gasteiger partial charge in [0.2, 0.25) is 5.43 Å². The molecule has 0 bridgehead atoms. The Kier molecular flexibility index (Phi) is 3.92. The highest BCUT2D eigenvalue weighted by molar-refractivity contribution is 7.10. The lowest BCUT2D eigenvalue weighted by molar-refractivity contribution is 0.0734. The number of nitrogens with zero attached hydrogens (tertiary/aromatic N) is 3. The van der Waals surface area contributed by atoms with Crippen molar-refractivity contribution in [2.45, 2.75) is 33.4 Å². The normalized spacial score (nSPS) is 13.9. The van der Waals surface area contributed by atoms with Crippen LogP contribution >= 0.6 is 11.3 Å². The van der Waals surface area contributed by atoms with Gasteiger partial charge in [-0.05, 0) is 49.4 Å². The quantitative estimate of drug-likeness (QED) is 0.712. The molecule has 0 aliphatic carbocycles. The molecule has 128 valence electrons. The van der Waals surface area contributed by atoms with Crippen LogP contribution in [0.4, 0.5) is 0 Å². The largest absolute Gasteiger partial charge is 0.334 e. The molecule has 1 aliphatic rings. The van der Waals surface area contributed by atoms with Crippen LogP contribution in [0.15, 0.2) is 34.6 Å². The van der Waals surface area contributed by atoms with E-state index < -0.39 is 0 Å². The molecule has 6 heteroatoms. The number of fused-ring (bicyclic) bond motifs is 2. The first-order valence-corrected chi connectivity index (χ1v) is 9.31. The Morgan fingerprint density at radius 1 is 1.32 bits per heavy atom. The molecule has 0 N–H and O–H groups in total. The van der Waals surface area contributed by atoms with Gasteiger partial charge in [0.1, 0.15) is 11.2 Å². The number of thiophene rings is 1. The first-order chi connectivity index (χ1) is 12.1. The number of carbonyl (C=O) groups is 1. The van der Waals surface area contributed by atoms with E-state index in [-0.39, 0.29) is 16.9 Å².